The molecule has 2 N–H and O–H groups in total. The Hall–Kier alpha value is -2.14. The summed E-state index contributed by atoms with van der Waals surface area (Å²) >= 11 is 5.95. The van der Waals surface area contributed by atoms with Crippen molar-refractivity contribution in [3.05, 3.63) is 47.0 Å². The van der Waals surface area contributed by atoms with Gasteiger partial charge in [-0.3, -0.25) is 0 Å². The maximum Gasteiger partial charge on any atom is 0.358 e. The van der Waals surface area contributed by atoms with E-state index in [0.717, 1.165) is 0 Å². The molecular weight excluding hydrogens is 271 g/mol. The van der Waals surface area contributed by atoms with Crippen LogP contribution in [0.2, 0.25) is 5.02 Å². The summed E-state index contributed by atoms with van der Waals surface area (Å²) < 4.78 is 17.5. The highest BCUT2D eigenvalue weighted by molar-refractivity contribution is 6.33. The van der Waals surface area contributed by atoms with E-state index in [2.05, 4.69) is 9.72 Å². The molecule has 0 aliphatic heterocycles. The molecule has 6 heteroatoms. The fourth-order valence-corrected chi connectivity index (χ4v) is 1.90. The third kappa shape index (κ3) is 2.66. The Morgan fingerprint density at radius 2 is 2.16 bits per heavy atom. The lowest BCUT2D eigenvalue weighted by Gasteiger charge is -2.07. The van der Waals surface area contributed by atoms with Gasteiger partial charge in [-0.25, -0.2) is 14.2 Å². The van der Waals surface area contributed by atoms with Crippen molar-refractivity contribution in [2.24, 2.45) is 0 Å². The van der Waals surface area contributed by atoms with Crippen LogP contribution < -0.4 is 5.73 Å². The van der Waals surface area contributed by atoms with Crippen molar-refractivity contribution in [3.8, 4) is 11.1 Å². The lowest BCUT2D eigenvalue weighted by atomic mass is 10.1. The van der Waals surface area contributed by atoms with Gasteiger partial charge in [0.25, 0.3) is 0 Å². The highest BCUT2D eigenvalue weighted by Gasteiger charge is 2.14. The van der Waals surface area contributed by atoms with Crippen molar-refractivity contribution in [2.75, 3.05) is 12.8 Å². The molecule has 0 saturated carbocycles. The number of pyridine rings is 1. The van der Waals surface area contributed by atoms with Crippen molar-refractivity contribution in [1.82, 2.24) is 4.98 Å². The third-order valence-electron chi connectivity index (χ3n) is 2.54. The fourth-order valence-electron chi connectivity index (χ4n) is 1.62. The zero-order chi connectivity index (χ0) is 14.0. The molecule has 0 atom stereocenters. The number of hydrogen-bond acceptors (Lipinski definition) is 4. The lowest BCUT2D eigenvalue weighted by molar-refractivity contribution is 0.0595. The van der Waals surface area contributed by atoms with Crippen LogP contribution in [0, 0.1) is 5.82 Å². The molecule has 2 aromatic rings. The van der Waals surface area contributed by atoms with Crippen molar-refractivity contribution < 1.29 is 13.9 Å². The predicted molar refractivity (Wildman–Crippen MR) is 70.4 cm³/mol. The number of nitrogens with zero attached hydrogens (tertiary/aromatic N) is 1. The van der Waals surface area contributed by atoms with Gasteiger partial charge in [0, 0.05) is 17.3 Å². The van der Waals surface area contributed by atoms with Crippen molar-refractivity contribution in [3.63, 3.8) is 0 Å². The van der Waals surface area contributed by atoms with Gasteiger partial charge in [-0.15, -0.1) is 0 Å². The zero-order valence-electron chi connectivity index (χ0n) is 9.98. The van der Waals surface area contributed by atoms with Crippen LogP contribution in [0.15, 0.2) is 30.5 Å². The molecule has 0 aliphatic carbocycles. The number of rotatable bonds is 2. The van der Waals surface area contributed by atoms with Gasteiger partial charge < -0.3 is 10.5 Å². The SMILES string of the molecule is COC(=O)c1ncc(-c2ccc(F)cc2Cl)cc1N. The molecule has 1 aromatic carbocycles. The molecule has 19 heavy (non-hydrogen) atoms. The molecule has 0 fully saturated rings. The highest BCUT2D eigenvalue weighted by atomic mass is 35.5. The highest BCUT2D eigenvalue weighted by Crippen LogP contribution is 2.29. The van der Waals surface area contributed by atoms with Gasteiger partial charge in [0.05, 0.1) is 17.8 Å². The maximum atomic E-state index is 13.0. The van der Waals surface area contributed by atoms with Crippen LogP contribution in [-0.4, -0.2) is 18.1 Å². The van der Waals surface area contributed by atoms with E-state index < -0.39 is 11.8 Å². The Balaban J connectivity index is 2.47. The van der Waals surface area contributed by atoms with Gasteiger partial charge in [-0.1, -0.05) is 11.6 Å². The summed E-state index contributed by atoms with van der Waals surface area (Å²) in [6.45, 7) is 0. The zero-order valence-corrected chi connectivity index (χ0v) is 10.7. The molecular formula is C13H10ClFN2O2. The van der Waals surface area contributed by atoms with Crippen LogP contribution >= 0.6 is 11.6 Å². The largest absolute Gasteiger partial charge is 0.464 e. The molecule has 4 nitrogen and oxygen atoms in total. The Labute approximate surface area is 114 Å². The van der Waals surface area contributed by atoms with Gasteiger partial charge >= 0.3 is 5.97 Å². The van der Waals surface area contributed by atoms with Gasteiger partial charge in [0.1, 0.15) is 5.82 Å². The fraction of sp³-hybridized carbons (Fsp3) is 0.0769. The number of carbonyl (C=O) groups excluding carboxylic acids is 1. The van der Waals surface area contributed by atoms with Crippen LogP contribution in [-0.2, 0) is 4.74 Å². The standard InChI is InChI=1S/C13H10ClFN2O2/c1-19-13(18)12-11(16)4-7(6-17-12)9-3-2-8(15)5-10(9)14/h2-6H,16H2,1H3. The number of nitrogen functional groups attached to an aromatic ring is 1. The molecule has 1 heterocycles. The van der Waals surface area contributed by atoms with Crippen LogP contribution in [0.3, 0.4) is 0 Å². The minimum Gasteiger partial charge on any atom is -0.464 e. The van der Waals surface area contributed by atoms with E-state index in [0.29, 0.717) is 11.1 Å². The monoisotopic (exact) mass is 280 g/mol. The molecule has 0 spiro atoms. The first-order valence-corrected chi connectivity index (χ1v) is 5.70. The predicted octanol–water partition coefficient (Wildman–Crippen LogP) is 2.91. The second-order valence-electron chi connectivity index (χ2n) is 3.78. The minimum absolute atomic E-state index is 0.0319. The lowest BCUT2D eigenvalue weighted by Crippen LogP contribution is -2.08. The van der Waals surface area contributed by atoms with Gasteiger partial charge in [-0.2, -0.15) is 0 Å². The summed E-state index contributed by atoms with van der Waals surface area (Å²) in [5.41, 5.74) is 7.11. The van der Waals surface area contributed by atoms with Gasteiger partial charge in [-0.05, 0) is 24.3 Å². The molecule has 0 radical (unpaired) electrons. The number of hydrogen-bond donors (Lipinski definition) is 1. The van der Waals surface area contributed by atoms with Gasteiger partial charge in [0.15, 0.2) is 5.69 Å². The van der Waals surface area contributed by atoms with E-state index in [-0.39, 0.29) is 16.4 Å². The average molecular weight is 281 g/mol. The first-order chi connectivity index (χ1) is 9.02. The number of methoxy groups -OCH3 is 1. The number of ether oxygens (including phenoxy) is 1. The number of esters is 1. The molecule has 0 saturated heterocycles. The quantitative estimate of drug-likeness (QED) is 0.859. The number of aromatic nitrogens is 1. The van der Waals surface area contributed by atoms with E-state index in [1.807, 2.05) is 0 Å². The van der Waals surface area contributed by atoms with E-state index >= 15 is 0 Å². The molecule has 0 bridgehead atoms. The summed E-state index contributed by atoms with van der Waals surface area (Å²) in [6, 6.07) is 5.54. The molecule has 98 valence electrons. The smallest absolute Gasteiger partial charge is 0.358 e. The topological polar surface area (TPSA) is 65.2 Å². The molecule has 1 aromatic heterocycles. The van der Waals surface area contributed by atoms with Gasteiger partial charge in [0.2, 0.25) is 0 Å². The van der Waals surface area contributed by atoms with Crippen LogP contribution in [0.25, 0.3) is 11.1 Å². The van der Waals surface area contributed by atoms with Crippen molar-refractivity contribution in [2.45, 2.75) is 0 Å². The number of nitrogens with two attached hydrogens (primary N) is 1. The molecule has 0 aliphatic rings. The average Bonchev–Trinajstić information content (AvgIpc) is 2.37. The Morgan fingerprint density at radius 1 is 1.42 bits per heavy atom. The molecule has 0 unspecified atom stereocenters. The van der Waals surface area contributed by atoms with E-state index in [9.17, 15) is 9.18 Å². The number of carbonyl (C=O) groups is 1. The van der Waals surface area contributed by atoms with Crippen LogP contribution in [0.1, 0.15) is 10.5 Å². The third-order valence-corrected chi connectivity index (χ3v) is 2.85. The Morgan fingerprint density at radius 3 is 2.74 bits per heavy atom. The summed E-state index contributed by atoms with van der Waals surface area (Å²) in [7, 11) is 1.24. The minimum atomic E-state index is -0.616. The second-order valence-corrected chi connectivity index (χ2v) is 4.18. The van der Waals surface area contributed by atoms with Crippen LogP contribution in [0.5, 0.6) is 0 Å². The van der Waals surface area contributed by atoms with Crippen molar-refractivity contribution >= 4 is 23.3 Å². The normalized spacial score (nSPS) is 10.3. The van der Waals surface area contributed by atoms with E-state index in [4.69, 9.17) is 17.3 Å². The van der Waals surface area contributed by atoms with E-state index in [1.165, 1.54) is 31.5 Å². The molecule has 0 amide bonds. The summed E-state index contributed by atoms with van der Waals surface area (Å²) in [6.07, 6.45) is 1.43. The first kappa shape index (κ1) is 13.3. The number of anilines is 1. The van der Waals surface area contributed by atoms with Crippen molar-refractivity contribution in [1.29, 1.82) is 0 Å². The number of benzene rings is 1. The Bertz CT molecular complexity index is 647. The van der Waals surface area contributed by atoms with E-state index in [1.54, 1.807) is 6.07 Å². The maximum absolute atomic E-state index is 13.0. The summed E-state index contributed by atoms with van der Waals surface area (Å²) in [4.78, 5) is 15.3. The second kappa shape index (κ2) is 5.24. The van der Waals surface area contributed by atoms with Crippen LogP contribution in [0.4, 0.5) is 10.1 Å². The first-order valence-electron chi connectivity index (χ1n) is 5.32. The molecule has 2 rings (SSSR count). The number of halogens is 2. The summed E-state index contributed by atoms with van der Waals surface area (Å²) in [5, 5.41) is 0.243. The Kier molecular flexibility index (Phi) is 3.66. The summed E-state index contributed by atoms with van der Waals surface area (Å²) in [5.74, 6) is -1.05.